The summed E-state index contributed by atoms with van der Waals surface area (Å²) in [5.74, 6) is -0.227. The lowest BCUT2D eigenvalue weighted by Crippen LogP contribution is -2.49. The smallest absolute Gasteiger partial charge is 0.223 e. The summed E-state index contributed by atoms with van der Waals surface area (Å²) in [5.41, 5.74) is 2.03. The predicted octanol–water partition coefficient (Wildman–Crippen LogP) is 3.87. The van der Waals surface area contributed by atoms with Crippen molar-refractivity contribution in [2.75, 3.05) is 31.1 Å². The monoisotopic (exact) mass is 368 g/mol. The van der Waals surface area contributed by atoms with Crippen molar-refractivity contribution in [2.24, 2.45) is 0 Å². The predicted molar refractivity (Wildman–Crippen MR) is 105 cm³/mol. The molecule has 3 rings (SSSR count). The molecule has 1 amide bonds. The van der Waals surface area contributed by atoms with E-state index >= 15 is 0 Å². The van der Waals surface area contributed by atoms with Gasteiger partial charge in [0.2, 0.25) is 5.91 Å². The molecule has 0 spiro atoms. The molecule has 0 N–H and O–H groups in total. The van der Waals surface area contributed by atoms with Crippen LogP contribution >= 0.6 is 0 Å². The number of nitrogens with zero attached hydrogens (tertiary/aromatic N) is 2. The molecule has 5 heteroatoms. The van der Waals surface area contributed by atoms with Crippen LogP contribution in [0.1, 0.15) is 42.1 Å². The Balaban J connectivity index is 1.57. The van der Waals surface area contributed by atoms with E-state index in [2.05, 4.69) is 6.92 Å². The van der Waals surface area contributed by atoms with Gasteiger partial charge >= 0.3 is 0 Å². The second kappa shape index (κ2) is 8.33. The summed E-state index contributed by atoms with van der Waals surface area (Å²) in [6, 6.07) is 14.6. The Bertz CT molecular complexity index is 814. The van der Waals surface area contributed by atoms with Crippen LogP contribution in [0.2, 0.25) is 0 Å². The van der Waals surface area contributed by atoms with E-state index in [1.807, 2.05) is 40.1 Å². The van der Waals surface area contributed by atoms with Crippen molar-refractivity contribution in [3.8, 4) is 0 Å². The third-order valence-electron chi connectivity index (χ3n) is 5.18. The standard InChI is InChI=1S/C22H25FN2O2/c1-16(18-6-4-3-5-7-18)14-22(27)25-12-10-24(11-13-25)21-9-8-19(17(2)26)15-20(21)23/h3-9,15-16H,10-14H2,1-2H3/t16-/m0/s1. The lowest BCUT2D eigenvalue weighted by atomic mass is 9.97. The summed E-state index contributed by atoms with van der Waals surface area (Å²) in [5, 5.41) is 0. The summed E-state index contributed by atoms with van der Waals surface area (Å²) >= 11 is 0. The molecule has 1 saturated heterocycles. The third-order valence-corrected chi connectivity index (χ3v) is 5.18. The molecule has 0 aliphatic carbocycles. The van der Waals surface area contributed by atoms with Gasteiger partial charge in [-0.25, -0.2) is 4.39 Å². The summed E-state index contributed by atoms with van der Waals surface area (Å²) in [7, 11) is 0. The van der Waals surface area contributed by atoms with Crippen molar-refractivity contribution in [2.45, 2.75) is 26.2 Å². The van der Waals surface area contributed by atoms with Crippen molar-refractivity contribution in [3.63, 3.8) is 0 Å². The number of ketones is 1. The molecule has 1 atom stereocenters. The van der Waals surface area contributed by atoms with Crippen molar-refractivity contribution < 1.29 is 14.0 Å². The van der Waals surface area contributed by atoms with E-state index in [0.717, 1.165) is 5.56 Å². The van der Waals surface area contributed by atoms with Crippen LogP contribution in [-0.2, 0) is 4.79 Å². The van der Waals surface area contributed by atoms with Gasteiger partial charge in [0.25, 0.3) is 0 Å². The minimum absolute atomic E-state index is 0.137. The van der Waals surface area contributed by atoms with Crippen molar-refractivity contribution in [1.82, 2.24) is 4.90 Å². The first-order chi connectivity index (χ1) is 13.0. The molecule has 4 nitrogen and oxygen atoms in total. The van der Waals surface area contributed by atoms with Gasteiger partial charge in [-0.05, 0) is 36.6 Å². The molecule has 1 aliphatic rings. The van der Waals surface area contributed by atoms with Gasteiger partial charge in [-0.3, -0.25) is 9.59 Å². The number of Topliss-reactive ketones (excluding diaryl/α,β-unsaturated/α-hetero) is 1. The molecule has 0 aromatic heterocycles. The largest absolute Gasteiger partial charge is 0.366 e. The minimum Gasteiger partial charge on any atom is -0.366 e. The summed E-state index contributed by atoms with van der Waals surface area (Å²) < 4.78 is 14.3. The lowest BCUT2D eigenvalue weighted by Gasteiger charge is -2.36. The molecule has 1 fully saturated rings. The highest BCUT2D eigenvalue weighted by atomic mass is 19.1. The van der Waals surface area contributed by atoms with Gasteiger partial charge in [-0.15, -0.1) is 0 Å². The molecule has 0 unspecified atom stereocenters. The molecular formula is C22H25FN2O2. The highest BCUT2D eigenvalue weighted by Gasteiger charge is 2.24. The zero-order valence-corrected chi connectivity index (χ0v) is 15.8. The average molecular weight is 368 g/mol. The fraction of sp³-hybridized carbons (Fsp3) is 0.364. The number of rotatable bonds is 5. The molecule has 0 saturated carbocycles. The Hall–Kier alpha value is -2.69. The van der Waals surface area contributed by atoms with E-state index in [9.17, 15) is 14.0 Å². The maximum atomic E-state index is 14.3. The van der Waals surface area contributed by atoms with Gasteiger partial charge in [-0.1, -0.05) is 37.3 Å². The second-order valence-electron chi connectivity index (χ2n) is 7.11. The van der Waals surface area contributed by atoms with E-state index < -0.39 is 0 Å². The first kappa shape index (κ1) is 19.1. The molecule has 27 heavy (non-hydrogen) atoms. The normalized spacial score (nSPS) is 15.5. The van der Waals surface area contributed by atoms with Crippen LogP contribution in [0.5, 0.6) is 0 Å². The van der Waals surface area contributed by atoms with E-state index in [1.54, 1.807) is 12.1 Å². The lowest BCUT2D eigenvalue weighted by molar-refractivity contribution is -0.131. The van der Waals surface area contributed by atoms with Gasteiger partial charge in [0.05, 0.1) is 5.69 Å². The fourth-order valence-corrected chi connectivity index (χ4v) is 3.47. The van der Waals surface area contributed by atoms with Gasteiger partial charge in [0.1, 0.15) is 5.82 Å². The number of halogens is 1. The van der Waals surface area contributed by atoms with Crippen LogP contribution in [0.15, 0.2) is 48.5 Å². The number of carbonyl (C=O) groups excluding carboxylic acids is 2. The number of benzene rings is 2. The van der Waals surface area contributed by atoms with Gasteiger partial charge in [0, 0.05) is 38.2 Å². The van der Waals surface area contributed by atoms with Crippen molar-refractivity contribution in [1.29, 1.82) is 0 Å². The molecule has 142 valence electrons. The topological polar surface area (TPSA) is 40.6 Å². The zero-order chi connectivity index (χ0) is 19.4. The third kappa shape index (κ3) is 4.54. The first-order valence-corrected chi connectivity index (χ1v) is 9.34. The fourth-order valence-electron chi connectivity index (χ4n) is 3.47. The molecule has 2 aromatic carbocycles. The van der Waals surface area contributed by atoms with Crippen LogP contribution < -0.4 is 4.90 Å². The SMILES string of the molecule is CC(=O)c1ccc(N2CCN(C(=O)C[C@H](C)c3ccccc3)CC2)c(F)c1. The van der Waals surface area contributed by atoms with Crippen LogP contribution in [0.25, 0.3) is 0 Å². The van der Waals surface area contributed by atoms with E-state index in [1.165, 1.54) is 13.0 Å². The van der Waals surface area contributed by atoms with Crippen LogP contribution in [0, 0.1) is 5.82 Å². The number of hydrogen-bond acceptors (Lipinski definition) is 3. The van der Waals surface area contributed by atoms with Crippen LogP contribution in [0.4, 0.5) is 10.1 Å². The molecule has 2 aromatic rings. The van der Waals surface area contributed by atoms with E-state index in [0.29, 0.717) is 43.9 Å². The summed E-state index contributed by atoms with van der Waals surface area (Å²) in [6.07, 6.45) is 0.478. The minimum atomic E-state index is -0.389. The summed E-state index contributed by atoms with van der Waals surface area (Å²) in [4.78, 5) is 27.8. The Kier molecular flexibility index (Phi) is 5.89. The van der Waals surface area contributed by atoms with Gasteiger partial charge in [0.15, 0.2) is 5.78 Å². The highest BCUT2D eigenvalue weighted by molar-refractivity contribution is 5.94. The molecule has 0 radical (unpaired) electrons. The number of hydrogen-bond donors (Lipinski definition) is 0. The number of carbonyl (C=O) groups is 2. The highest BCUT2D eigenvalue weighted by Crippen LogP contribution is 2.24. The maximum Gasteiger partial charge on any atom is 0.223 e. The second-order valence-corrected chi connectivity index (χ2v) is 7.11. The Morgan fingerprint density at radius 1 is 1.04 bits per heavy atom. The quantitative estimate of drug-likeness (QED) is 0.752. The van der Waals surface area contributed by atoms with Crippen LogP contribution in [-0.4, -0.2) is 42.8 Å². The van der Waals surface area contributed by atoms with Crippen LogP contribution in [0.3, 0.4) is 0 Å². The number of amides is 1. The average Bonchev–Trinajstić information content (AvgIpc) is 2.68. The van der Waals surface area contributed by atoms with Crippen molar-refractivity contribution >= 4 is 17.4 Å². The van der Waals surface area contributed by atoms with Crippen molar-refractivity contribution in [3.05, 3.63) is 65.5 Å². The zero-order valence-electron chi connectivity index (χ0n) is 15.8. The van der Waals surface area contributed by atoms with Gasteiger partial charge in [-0.2, -0.15) is 0 Å². The first-order valence-electron chi connectivity index (χ1n) is 9.34. The van der Waals surface area contributed by atoms with E-state index in [4.69, 9.17) is 0 Å². The molecule has 1 heterocycles. The van der Waals surface area contributed by atoms with Gasteiger partial charge < -0.3 is 9.80 Å². The molecule has 1 aliphatic heterocycles. The van der Waals surface area contributed by atoms with E-state index in [-0.39, 0.29) is 23.4 Å². The maximum absolute atomic E-state index is 14.3. The Labute approximate surface area is 159 Å². The Morgan fingerprint density at radius 3 is 2.30 bits per heavy atom. The molecular weight excluding hydrogens is 343 g/mol. The number of piperazine rings is 1. The molecule has 0 bridgehead atoms. The Morgan fingerprint density at radius 2 is 1.70 bits per heavy atom. The summed E-state index contributed by atoms with van der Waals surface area (Å²) in [6.45, 7) is 5.82. The number of anilines is 1.